The number of nitriles is 1. The van der Waals surface area contributed by atoms with E-state index in [0.717, 1.165) is 25.7 Å². The van der Waals surface area contributed by atoms with Crippen molar-refractivity contribution in [2.24, 2.45) is 0 Å². The average molecular weight is 260 g/mol. The van der Waals surface area contributed by atoms with Gasteiger partial charge in [-0.3, -0.25) is 0 Å². The van der Waals surface area contributed by atoms with Gasteiger partial charge in [0.15, 0.2) is 0 Å². The van der Waals surface area contributed by atoms with Gasteiger partial charge in [-0.2, -0.15) is 5.26 Å². The first-order valence-electron chi connectivity index (χ1n) is 7.35. The topological polar surface area (TPSA) is 43.7 Å². The molecule has 0 aromatic heterocycles. The van der Waals surface area contributed by atoms with Gasteiger partial charge in [0.2, 0.25) is 0 Å². The molecule has 1 radical (unpaired) electrons. The summed E-state index contributed by atoms with van der Waals surface area (Å²) in [5, 5.41) is 19.4. The molecule has 0 aliphatic rings. The monoisotopic (exact) mass is 260 g/mol. The Morgan fingerprint density at radius 2 is 1.68 bits per heavy atom. The first-order chi connectivity index (χ1) is 9.24. The SMILES string of the molecule is CCCCCCC([O])CCC.N#Cc1ccccc1. The fourth-order valence-electron chi connectivity index (χ4n) is 1.78. The molecule has 0 spiro atoms. The second kappa shape index (κ2) is 13.1. The molecule has 1 aromatic carbocycles. The van der Waals surface area contributed by atoms with Crippen molar-refractivity contribution in [2.75, 3.05) is 0 Å². The summed E-state index contributed by atoms with van der Waals surface area (Å²) in [5.41, 5.74) is 0.715. The molecule has 2 nitrogen and oxygen atoms in total. The Balaban J connectivity index is 0.000000356. The molecule has 2 heteroatoms. The highest BCUT2D eigenvalue weighted by Crippen LogP contribution is 2.09. The molecule has 0 heterocycles. The second-order valence-electron chi connectivity index (χ2n) is 4.74. The minimum Gasteiger partial charge on any atom is -0.233 e. The summed E-state index contributed by atoms with van der Waals surface area (Å²) in [7, 11) is 0. The molecule has 1 rings (SSSR count). The Morgan fingerprint density at radius 3 is 2.16 bits per heavy atom. The molecule has 0 saturated carbocycles. The lowest BCUT2D eigenvalue weighted by atomic mass is 10.1. The maximum atomic E-state index is 11.1. The van der Waals surface area contributed by atoms with Crippen LogP contribution in [0.15, 0.2) is 30.3 Å². The number of hydrogen-bond donors (Lipinski definition) is 0. The summed E-state index contributed by atoms with van der Waals surface area (Å²) in [6.45, 7) is 4.28. The van der Waals surface area contributed by atoms with Gasteiger partial charge in [0.25, 0.3) is 0 Å². The Labute approximate surface area is 118 Å². The quantitative estimate of drug-likeness (QED) is 0.628. The smallest absolute Gasteiger partial charge is 0.0991 e. The Kier molecular flexibility index (Phi) is 12.2. The van der Waals surface area contributed by atoms with Crippen molar-refractivity contribution in [3.05, 3.63) is 35.9 Å². The Hall–Kier alpha value is -1.33. The molecule has 1 aromatic rings. The van der Waals surface area contributed by atoms with Crippen molar-refractivity contribution in [1.82, 2.24) is 0 Å². The van der Waals surface area contributed by atoms with E-state index in [2.05, 4.69) is 13.8 Å². The highest BCUT2D eigenvalue weighted by atomic mass is 16.3. The number of hydrogen-bond acceptors (Lipinski definition) is 1. The van der Waals surface area contributed by atoms with Gasteiger partial charge in [-0.1, -0.05) is 64.2 Å². The van der Waals surface area contributed by atoms with Gasteiger partial charge < -0.3 is 0 Å². The normalized spacial score (nSPS) is 11.1. The van der Waals surface area contributed by atoms with Crippen LogP contribution in [0.5, 0.6) is 0 Å². The molecule has 0 saturated heterocycles. The van der Waals surface area contributed by atoms with Gasteiger partial charge in [-0.05, 0) is 25.0 Å². The van der Waals surface area contributed by atoms with Crippen LogP contribution in [0.25, 0.3) is 0 Å². The maximum Gasteiger partial charge on any atom is 0.0991 e. The van der Waals surface area contributed by atoms with Crippen LogP contribution < -0.4 is 0 Å². The first-order valence-corrected chi connectivity index (χ1v) is 7.35. The molecule has 19 heavy (non-hydrogen) atoms. The molecule has 0 fully saturated rings. The number of benzene rings is 1. The number of unbranched alkanes of at least 4 members (excludes halogenated alkanes) is 3. The van der Waals surface area contributed by atoms with Crippen LogP contribution in [-0.2, 0) is 5.11 Å². The lowest BCUT2D eigenvalue weighted by Gasteiger charge is -2.05. The van der Waals surface area contributed by atoms with Crippen LogP contribution >= 0.6 is 0 Å². The van der Waals surface area contributed by atoms with Crippen molar-refractivity contribution in [2.45, 2.75) is 64.9 Å². The van der Waals surface area contributed by atoms with Gasteiger partial charge in [-0.25, -0.2) is 5.11 Å². The molecule has 1 atom stereocenters. The van der Waals surface area contributed by atoms with Gasteiger partial charge in [0, 0.05) is 0 Å². The van der Waals surface area contributed by atoms with Crippen LogP contribution in [-0.4, -0.2) is 6.10 Å². The van der Waals surface area contributed by atoms with E-state index in [-0.39, 0.29) is 6.10 Å². The minimum atomic E-state index is -0.281. The Morgan fingerprint density at radius 1 is 1.00 bits per heavy atom. The predicted octanol–water partition coefficient (Wildman–Crippen LogP) is 5.11. The molecule has 0 amide bonds. The zero-order chi connectivity index (χ0) is 14.3. The highest BCUT2D eigenvalue weighted by Gasteiger charge is 2.02. The van der Waals surface area contributed by atoms with E-state index in [1.165, 1.54) is 19.3 Å². The number of rotatable bonds is 7. The summed E-state index contributed by atoms with van der Waals surface area (Å²) >= 11 is 0. The summed E-state index contributed by atoms with van der Waals surface area (Å²) in [4.78, 5) is 0. The standard InChI is InChI=1S/C10H21O.C7H5N/c1-3-5-6-7-9-10(11)8-4-2;8-6-7-4-2-1-3-5-7/h10H,3-9H2,1-2H3;1-5H. The molecule has 0 aliphatic heterocycles. The van der Waals surface area contributed by atoms with Crippen LogP contribution in [0.1, 0.15) is 64.4 Å². The van der Waals surface area contributed by atoms with E-state index in [1.54, 1.807) is 12.1 Å². The van der Waals surface area contributed by atoms with Crippen molar-refractivity contribution < 1.29 is 5.11 Å². The lowest BCUT2D eigenvalue weighted by molar-refractivity contribution is 0.0707. The van der Waals surface area contributed by atoms with Gasteiger partial charge in [-0.15, -0.1) is 0 Å². The fraction of sp³-hybridized carbons (Fsp3) is 0.588. The zero-order valence-corrected chi connectivity index (χ0v) is 12.3. The highest BCUT2D eigenvalue weighted by molar-refractivity contribution is 5.27. The second-order valence-corrected chi connectivity index (χ2v) is 4.74. The predicted molar refractivity (Wildman–Crippen MR) is 79.3 cm³/mol. The average Bonchev–Trinajstić information content (AvgIpc) is 2.45. The van der Waals surface area contributed by atoms with Gasteiger partial charge in [0.1, 0.15) is 0 Å². The zero-order valence-electron chi connectivity index (χ0n) is 12.3. The fourth-order valence-corrected chi connectivity index (χ4v) is 1.78. The third kappa shape index (κ3) is 11.5. The number of nitrogens with zero attached hydrogens (tertiary/aromatic N) is 1. The van der Waals surface area contributed by atoms with Crippen molar-refractivity contribution >= 4 is 0 Å². The van der Waals surface area contributed by atoms with E-state index >= 15 is 0 Å². The van der Waals surface area contributed by atoms with E-state index in [0.29, 0.717) is 5.56 Å². The van der Waals surface area contributed by atoms with Crippen molar-refractivity contribution in [3.63, 3.8) is 0 Å². The minimum absolute atomic E-state index is 0.281. The Bertz CT molecular complexity index is 329. The summed E-state index contributed by atoms with van der Waals surface area (Å²) < 4.78 is 0. The molecule has 1 unspecified atom stereocenters. The molecule has 0 N–H and O–H groups in total. The van der Waals surface area contributed by atoms with E-state index in [1.807, 2.05) is 24.3 Å². The van der Waals surface area contributed by atoms with E-state index in [4.69, 9.17) is 5.26 Å². The molecular formula is C17H26NO. The maximum absolute atomic E-state index is 11.1. The van der Waals surface area contributed by atoms with E-state index in [9.17, 15) is 5.11 Å². The molecule has 105 valence electrons. The summed E-state index contributed by atoms with van der Waals surface area (Å²) in [6.07, 6.45) is 7.47. The molecule has 0 bridgehead atoms. The first kappa shape index (κ1) is 17.7. The summed E-state index contributed by atoms with van der Waals surface area (Å²) in [5.74, 6) is 0. The van der Waals surface area contributed by atoms with Gasteiger partial charge in [0.05, 0.1) is 17.7 Å². The summed E-state index contributed by atoms with van der Waals surface area (Å²) in [6, 6.07) is 11.2. The van der Waals surface area contributed by atoms with Crippen molar-refractivity contribution in [3.8, 4) is 6.07 Å². The van der Waals surface area contributed by atoms with E-state index < -0.39 is 0 Å². The van der Waals surface area contributed by atoms with Crippen molar-refractivity contribution in [1.29, 1.82) is 5.26 Å². The lowest BCUT2D eigenvalue weighted by Crippen LogP contribution is -2.02. The van der Waals surface area contributed by atoms with Crippen LogP contribution in [0.2, 0.25) is 0 Å². The van der Waals surface area contributed by atoms with Gasteiger partial charge >= 0.3 is 0 Å². The largest absolute Gasteiger partial charge is 0.233 e. The van der Waals surface area contributed by atoms with Crippen LogP contribution in [0.4, 0.5) is 0 Å². The molecular weight excluding hydrogens is 234 g/mol. The third-order valence-electron chi connectivity index (χ3n) is 2.89. The van der Waals surface area contributed by atoms with Crippen LogP contribution in [0, 0.1) is 11.3 Å². The third-order valence-corrected chi connectivity index (χ3v) is 2.89. The van der Waals surface area contributed by atoms with Crippen LogP contribution in [0.3, 0.4) is 0 Å². The molecule has 0 aliphatic carbocycles.